The number of para-hydroxylation sites is 1. The fourth-order valence-corrected chi connectivity index (χ4v) is 3.37. The Morgan fingerprint density at radius 2 is 1.68 bits per heavy atom. The zero-order valence-corrected chi connectivity index (χ0v) is 15.8. The van der Waals surface area contributed by atoms with Gasteiger partial charge < -0.3 is 15.1 Å². The van der Waals surface area contributed by atoms with Crippen molar-refractivity contribution in [2.75, 3.05) is 24.3 Å². The topological polar surface area (TPSA) is 52.7 Å². The maximum Gasteiger partial charge on any atom is 0.258 e. The summed E-state index contributed by atoms with van der Waals surface area (Å²) in [5.74, 6) is -0.0203. The number of carbonyl (C=O) groups is 2. The first-order valence-electron chi connectivity index (χ1n) is 9.11. The van der Waals surface area contributed by atoms with Gasteiger partial charge in [0.1, 0.15) is 0 Å². The minimum Gasteiger partial charge on any atom is -0.355 e. The number of nitrogens with one attached hydrogen (secondary N) is 1. The standard InChI is InChI=1S/C23H21N3O2/c1-25(2)22(27)16-7-6-8-18(13-16)24-19-11-12-21-17(14-19)15-26(23(21)28)20-9-4-3-5-10-20/h3-14,24H,15H2,1-2H3. The Balaban J connectivity index is 1.56. The van der Waals surface area contributed by atoms with Crippen LogP contribution in [0, 0.1) is 0 Å². The monoisotopic (exact) mass is 371 g/mol. The van der Waals surface area contributed by atoms with Crippen LogP contribution in [0.1, 0.15) is 26.3 Å². The lowest BCUT2D eigenvalue weighted by molar-refractivity contribution is 0.0827. The Hall–Kier alpha value is -3.60. The van der Waals surface area contributed by atoms with Crippen LogP contribution in [0.3, 0.4) is 0 Å². The van der Waals surface area contributed by atoms with Crippen LogP contribution >= 0.6 is 0 Å². The summed E-state index contributed by atoms with van der Waals surface area (Å²) in [5.41, 5.74) is 4.95. The molecule has 0 bridgehead atoms. The highest BCUT2D eigenvalue weighted by Crippen LogP contribution is 2.31. The maximum absolute atomic E-state index is 12.7. The molecule has 1 heterocycles. The molecule has 0 fully saturated rings. The molecule has 0 unspecified atom stereocenters. The lowest BCUT2D eigenvalue weighted by Crippen LogP contribution is -2.22. The van der Waals surface area contributed by atoms with Gasteiger partial charge in [-0.05, 0) is 54.1 Å². The summed E-state index contributed by atoms with van der Waals surface area (Å²) in [5, 5.41) is 3.34. The van der Waals surface area contributed by atoms with Gasteiger partial charge in [-0.25, -0.2) is 0 Å². The minimum atomic E-state index is -0.0401. The summed E-state index contributed by atoms with van der Waals surface area (Å²) in [6, 6.07) is 22.8. The molecule has 1 N–H and O–H groups in total. The van der Waals surface area contributed by atoms with Crippen LogP contribution in [-0.4, -0.2) is 30.8 Å². The van der Waals surface area contributed by atoms with Crippen molar-refractivity contribution in [3.63, 3.8) is 0 Å². The van der Waals surface area contributed by atoms with Crippen LogP contribution in [0.4, 0.5) is 17.1 Å². The number of carbonyl (C=O) groups excluding carboxylic acids is 2. The second kappa shape index (κ2) is 7.19. The summed E-state index contributed by atoms with van der Waals surface area (Å²) in [4.78, 5) is 28.2. The molecule has 1 aliphatic heterocycles. The molecule has 4 rings (SSSR count). The number of hydrogen-bond donors (Lipinski definition) is 1. The Labute approximate surface area is 164 Å². The average molecular weight is 371 g/mol. The maximum atomic E-state index is 12.7. The molecule has 3 aromatic rings. The molecular formula is C23H21N3O2. The van der Waals surface area contributed by atoms with Crippen molar-refractivity contribution >= 4 is 28.9 Å². The molecule has 5 nitrogen and oxygen atoms in total. The van der Waals surface area contributed by atoms with E-state index in [1.54, 1.807) is 30.0 Å². The third kappa shape index (κ3) is 3.34. The van der Waals surface area contributed by atoms with Gasteiger partial charge in [-0.1, -0.05) is 24.3 Å². The number of rotatable bonds is 4. The van der Waals surface area contributed by atoms with Crippen LogP contribution in [0.15, 0.2) is 72.8 Å². The fourth-order valence-electron chi connectivity index (χ4n) is 3.37. The van der Waals surface area contributed by atoms with Crippen molar-refractivity contribution < 1.29 is 9.59 Å². The normalized spacial score (nSPS) is 12.6. The molecule has 1 aliphatic rings. The summed E-state index contributed by atoms with van der Waals surface area (Å²) >= 11 is 0. The number of nitrogens with zero attached hydrogens (tertiary/aromatic N) is 2. The number of benzene rings is 3. The predicted octanol–water partition coefficient (Wildman–Crippen LogP) is 4.29. The zero-order valence-electron chi connectivity index (χ0n) is 15.8. The minimum absolute atomic E-state index is 0.0197. The number of hydrogen-bond acceptors (Lipinski definition) is 3. The second-order valence-corrected chi connectivity index (χ2v) is 7.00. The predicted molar refractivity (Wildman–Crippen MR) is 111 cm³/mol. The highest BCUT2D eigenvalue weighted by Gasteiger charge is 2.28. The smallest absolute Gasteiger partial charge is 0.258 e. The largest absolute Gasteiger partial charge is 0.355 e. The van der Waals surface area contributed by atoms with Gasteiger partial charge >= 0.3 is 0 Å². The van der Waals surface area contributed by atoms with Crippen molar-refractivity contribution in [3.8, 4) is 0 Å². The third-order valence-corrected chi connectivity index (χ3v) is 4.78. The van der Waals surface area contributed by atoms with E-state index in [-0.39, 0.29) is 11.8 Å². The fraction of sp³-hybridized carbons (Fsp3) is 0.130. The second-order valence-electron chi connectivity index (χ2n) is 7.00. The lowest BCUT2D eigenvalue weighted by atomic mass is 10.1. The highest BCUT2D eigenvalue weighted by molar-refractivity contribution is 6.10. The highest BCUT2D eigenvalue weighted by atomic mass is 16.2. The summed E-state index contributed by atoms with van der Waals surface area (Å²) in [7, 11) is 3.47. The average Bonchev–Trinajstić information content (AvgIpc) is 3.04. The Bertz CT molecular complexity index is 1040. The van der Waals surface area contributed by atoms with Crippen LogP contribution in [0.25, 0.3) is 0 Å². The molecule has 0 saturated heterocycles. The third-order valence-electron chi connectivity index (χ3n) is 4.78. The van der Waals surface area contributed by atoms with Gasteiger partial charge in [-0.15, -0.1) is 0 Å². The lowest BCUT2D eigenvalue weighted by Gasteiger charge is -2.15. The first-order valence-corrected chi connectivity index (χ1v) is 9.11. The summed E-state index contributed by atoms with van der Waals surface area (Å²) in [6.07, 6.45) is 0. The van der Waals surface area contributed by atoms with E-state index in [0.29, 0.717) is 12.1 Å². The first kappa shape index (κ1) is 17.8. The summed E-state index contributed by atoms with van der Waals surface area (Å²) in [6.45, 7) is 0.548. The molecule has 2 amide bonds. The van der Waals surface area contributed by atoms with E-state index in [1.807, 2.05) is 66.7 Å². The van der Waals surface area contributed by atoms with E-state index in [1.165, 1.54) is 0 Å². The number of anilines is 3. The Morgan fingerprint density at radius 1 is 0.929 bits per heavy atom. The van der Waals surface area contributed by atoms with E-state index in [0.717, 1.165) is 28.2 Å². The van der Waals surface area contributed by atoms with Crippen molar-refractivity contribution in [2.45, 2.75) is 6.54 Å². The number of amides is 2. The van der Waals surface area contributed by atoms with Crippen LogP contribution in [-0.2, 0) is 6.54 Å². The van der Waals surface area contributed by atoms with Gasteiger partial charge in [0.05, 0.1) is 6.54 Å². The molecule has 5 heteroatoms. The zero-order chi connectivity index (χ0) is 19.7. The quantitative estimate of drug-likeness (QED) is 0.744. The van der Waals surface area contributed by atoms with Crippen molar-refractivity contribution in [1.82, 2.24) is 4.90 Å². The molecular weight excluding hydrogens is 350 g/mol. The first-order chi connectivity index (χ1) is 13.5. The molecule has 0 aromatic heterocycles. The molecule has 28 heavy (non-hydrogen) atoms. The molecule has 0 atom stereocenters. The van der Waals surface area contributed by atoms with Crippen molar-refractivity contribution in [2.24, 2.45) is 0 Å². The van der Waals surface area contributed by atoms with Gasteiger partial charge in [0.15, 0.2) is 0 Å². The molecule has 0 aliphatic carbocycles. The van der Waals surface area contributed by atoms with Gasteiger partial charge in [0.2, 0.25) is 0 Å². The SMILES string of the molecule is CN(C)C(=O)c1cccc(Nc2ccc3c(c2)CN(c2ccccc2)C3=O)c1. The van der Waals surface area contributed by atoms with Crippen molar-refractivity contribution in [1.29, 1.82) is 0 Å². The summed E-state index contributed by atoms with van der Waals surface area (Å²) < 4.78 is 0. The van der Waals surface area contributed by atoms with Gasteiger partial charge in [0, 0.05) is 42.3 Å². The molecule has 0 spiro atoms. The van der Waals surface area contributed by atoms with E-state index >= 15 is 0 Å². The molecule has 0 saturated carbocycles. The molecule has 140 valence electrons. The van der Waals surface area contributed by atoms with E-state index in [4.69, 9.17) is 0 Å². The molecule has 0 radical (unpaired) electrons. The Morgan fingerprint density at radius 3 is 2.43 bits per heavy atom. The van der Waals surface area contributed by atoms with Gasteiger partial charge in [0.25, 0.3) is 11.8 Å². The molecule has 3 aromatic carbocycles. The van der Waals surface area contributed by atoms with E-state index in [9.17, 15) is 9.59 Å². The van der Waals surface area contributed by atoms with E-state index in [2.05, 4.69) is 5.32 Å². The van der Waals surface area contributed by atoms with Crippen LogP contribution in [0.5, 0.6) is 0 Å². The van der Waals surface area contributed by atoms with E-state index < -0.39 is 0 Å². The van der Waals surface area contributed by atoms with Crippen LogP contribution in [0.2, 0.25) is 0 Å². The van der Waals surface area contributed by atoms with Gasteiger partial charge in [-0.2, -0.15) is 0 Å². The number of fused-ring (bicyclic) bond motifs is 1. The Kier molecular flexibility index (Phi) is 4.57. The van der Waals surface area contributed by atoms with Crippen LogP contribution < -0.4 is 10.2 Å². The van der Waals surface area contributed by atoms with Crippen molar-refractivity contribution in [3.05, 3.63) is 89.5 Å². The van der Waals surface area contributed by atoms with Gasteiger partial charge in [-0.3, -0.25) is 9.59 Å².